The van der Waals surface area contributed by atoms with Crippen molar-refractivity contribution in [3.63, 3.8) is 0 Å². The van der Waals surface area contributed by atoms with Crippen LogP contribution in [0.4, 0.5) is 0 Å². The maximum atomic E-state index is 3.53. The molecule has 0 unspecified atom stereocenters. The fourth-order valence-corrected chi connectivity index (χ4v) is 25.1. The zero-order valence-corrected chi connectivity index (χ0v) is 58.4. The summed E-state index contributed by atoms with van der Waals surface area (Å²) in [6.45, 7) is 46.0. The van der Waals surface area contributed by atoms with E-state index in [2.05, 4.69) is 236 Å². The van der Waals surface area contributed by atoms with Gasteiger partial charge >= 0.3 is 161 Å². The average Bonchev–Trinajstić information content (AvgIpc) is 4.10. The normalized spacial score (nSPS) is 13.4. The molecule has 400 valence electrons. The van der Waals surface area contributed by atoms with Gasteiger partial charge in [-0.2, -0.15) is 70.8 Å². The third-order valence-electron chi connectivity index (χ3n) is 12.8. The van der Waals surface area contributed by atoms with Gasteiger partial charge in [-0.05, 0) is 34.8 Å². The van der Waals surface area contributed by atoms with Gasteiger partial charge in [-0.3, -0.25) is 12.2 Å². The first-order chi connectivity index (χ1) is 33.4. The van der Waals surface area contributed by atoms with E-state index in [-0.39, 0.29) is 57.3 Å². The summed E-state index contributed by atoms with van der Waals surface area (Å²) >= 11 is 3.66. The van der Waals surface area contributed by atoms with Crippen molar-refractivity contribution in [1.82, 2.24) is 0 Å². The monoisotopic (exact) mass is 1220 g/mol. The molecular weight excluding hydrogens is 1130 g/mol. The summed E-state index contributed by atoms with van der Waals surface area (Å²) in [6.07, 6.45) is 22.1. The Morgan fingerprint density at radius 3 is 0.932 bits per heavy atom. The van der Waals surface area contributed by atoms with Crippen molar-refractivity contribution in [2.75, 3.05) is 0 Å². The van der Waals surface area contributed by atoms with E-state index in [0.29, 0.717) is 0 Å². The molecule has 74 heavy (non-hydrogen) atoms. The number of fused-ring (bicyclic) bond motifs is 6. The molecule has 8 rings (SSSR count). The van der Waals surface area contributed by atoms with Gasteiger partial charge < -0.3 is 24.8 Å². The molecule has 0 radical (unpaired) electrons. The fourth-order valence-electron chi connectivity index (χ4n) is 8.79. The molecule has 0 saturated carbocycles. The van der Waals surface area contributed by atoms with Crippen molar-refractivity contribution >= 4 is 10.9 Å². The Morgan fingerprint density at radius 2 is 0.716 bits per heavy atom. The Bertz CT molecular complexity index is 2160. The fraction of sp³-hybridized carbons (Fsp3) is 0.529. The molecule has 0 nitrogen and oxygen atoms in total. The average molecular weight is 1220 g/mol. The van der Waals surface area contributed by atoms with Gasteiger partial charge in [0.1, 0.15) is 0 Å². The number of hydrogen-bond acceptors (Lipinski definition) is 0. The third kappa shape index (κ3) is 25.2. The molecular formula is C68H96Cl2Si2Zr2-2. The first kappa shape index (κ1) is 70.6. The van der Waals surface area contributed by atoms with Crippen LogP contribution in [-0.2, 0) is 81.2 Å². The molecule has 0 N–H and O–H groups in total. The van der Waals surface area contributed by atoms with Crippen LogP contribution in [0.2, 0.25) is 24.2 Å². The predicted octanol–water partition coefficient (Wildman–Crippen LogP) is 13.6. The zero-order valence-electron chi connectivity index (χ0n) is 50.0. The molecule has 0 fully saturated rings. The van der Waals surface area contributed by atoms with Crippen LogP contribution in [0.5, 0.6) is 0 Å². The van der Waals surface area contributed by atoms with E-state index >= 15 is 0 Å². The minimum absolute atomic E-state index is 0. The molecule has 6 heteroatoms. The van der Waals surface area contributed by atoms with Crippen LogP contribution >= 0.6 is 0 Å². The number of benzene rings is 4. The van der Waals surface area contributed by atoms with Crippen molar-refractivity contribution in [3.8, 4) is 22.3 Å². The summed E-state index contributed by atoms with van der Waals surface area (Å²) in [4.78, 5) is 0. The van der Waals surface area contributed by atoms with Crippen LogP contribution in [0.25, 0.3) is 22.3 Å². The number of rotatable bonds is 8. The van der Waals surface area contributed by atoms with Crippen LogP contribution < -0.4 is 24.8 Å². The number of halogens is 2. The summed E-state index contributed by atoms with van der Waals surface area (Å²) in [5.74, 6) is 3.75. The second-order valence-corrected chi connectivity index (χ2v) is 40.7. The SMILES string of the molecule is CC(C)(C)c1c[c-]c2c(c1)-c1cc(C(C)(C)C)ccc1C2.CC(C)(C)c1c[c-]c2c(c1)-c1cc(C(C)(C)C)ccc1C2.CC(C)C[Si](=[Zr+2])CC(C)C.CC(C)C[Si](=[Zr+2])CC(C)C.[C-]1=CC=CC1.[C-]1=CC=CC1.[Cl-].[Cl-]. The molecule has 0 amide bonds. The van der Waals surface area contributed by atoms with Gasteiger partial charge in [0.2, 0.25) is 0 Å². The smallest absolute Gasteiger partial charge is 0.109 e. The van der Waals surface area contributed by atoms with Crippen molar-refractivity contribution in [3.05, 3.63) is 166 Å². The molecule has 4 aromatic carbocycles. The van der Waals surface area contributed by atoms with Crippen molar-refractivity contribution in [1.29, 1.82) is 0 Å². The third-order valence-corrected chi connectivity index (χ3v) is 24.1. The van der Waals surface area contributed by atoms with Crippen LogP contribution in [0.15, 0.2) is 97.1 Å². The maximum absolute atomic E-state index is 3.53. The minimum atomic E-state index is 0. The molecule has 4 aliphatic carbocycles. The first-order valence-electron chi connectivity index (χ1n) is 27.3. The molecule has 0 aliphatic heterocycles. The Labute approximate surface area is 499 Å². The molecule has 0 bridgehead atoms. The van der Waals surface area contributed by atoms with Crippen LogP contribution in [0.3, 0.4) is 0 Å². The first-order valence-corrected chi connectivity index (χ1v) is 38.5. The van der Waals surface area contributed by atoms with Crippen molar-refractivity contribution in [2.45, 2.75) is 210 Å². The van der Waals surface area contributed by atoms with Gasteiger partial charge in [0.25, 0.3) is 0 Å². The van der Waals surface area contributed by atoms with Gasteiger partial charge in [-0.1, -0.05) is 153 Å². The molecule has 0 atom stereocenters. The topological polar surface area (TPSA) is 0 Å². The van der Waals surface area contributed by atoms with Crippen molar-refractivity contribution < 1.29 is 71.5 Å². The second kappa shape index (κ2) is 32.6. The standard InChI is InChI=1S/2C21H25.2C8H18Si.2C5H5.2ClH.2Zr/c2*1-20(2,3)16-9-7-14-11-15-8-10-17(21(4,5)6)13-19(15)18(14)12-16;2*1-7(2)5-9-6-8(3)4;2*1-2-4-5-3-1;;;;/h2*7,9-10,12-13H,11H2,1-6H3;2*7-8H,5-6H2,1-4H3;2*1-3H,4H2;2*1H;;/q2*-1;;;2*-1;;;2*+2/p-2. The number of allylic oxidation sites excluding steroid dienone is 8. The van der Waals surface area contributed by atoms with E-state index in [1.165, 1.54) is 90.9 Å². The van der Waals surface area contributed by atoms with Crippen molar-refractivity contribution in [2.24, 2.45) is 23.7 Å². The Balaban J connectivity index is 0.000000479. The quantitative estimate of drug-likeness (QED) is 0.105. The molecule has 0 aromatic heterocycles. The largest absolute Gasteiger partial charge is 1.00 e. The van der Waals surface area contributed by atoms with Gasteiger partial charge in [-0.15, -0.1) is 24.0 Å². The summed E-state index contributed by atoms with van der Waals surface area (Å²) in [6, 6.07) is 36.3. The van der Waals surface area contributed by atoms with E-state index in [9.17, 15) is 0 Å². The Kier molecular flexibility index (Phi) is 31.1. The molecule has 0 saturated heterocycles. The minimum Gasteiger partial charge on any atom is -1.00 e. The summed E-state index contributed by atoms with van der Waals surface area (Å²) < 4.78 is 0. The molecule has 4 aromatic rings. The zero-order chi connectivity index (χ0) is 54.2. The summed E-state index contributed by atoms with van der Waals surface area (Å²) in [5.41, 5.74) is 17.7. The Hall–Kier alpha value is -1.38. The molecule has 4 aliphatic rings. The summed E-state index contributed by atoms with van der Waals surface area (Å²) in [5, 5.41) is 0. The van der Waals surface area contributed by atoms with Crippen LogP contribution in [0, 0.1) is 48.0 Å². The Morgan fingerprint density at radius 1 is 0.432 bits per heavy atom. The van der Waals surface area contributed by atoms with Gasteiger partial charge in [0.05, 0.1) is 0 Å². The van der Waals surface area contributed by atoms with E-state index in [4.69, 9.17) is 0 Å². The van der Waals surface area contributed by atoms with E-state index in [1.54, 1.807) is 0 Å². The van der Waals surface area contributed by atoms with E-state index in [0.717, 1.165) is 49.4 Å². The van der Waals surface area contributed by atoms with Gasteiger partial charge in [0, 0.05) is 0 Å². The molecule has 0 spiro atoms. The second-order valence-electron chi connectivity index (χ2n) is 26.3. The van der Waals surface area contributed by atoms with Gasteiger partial charge in [-0.25, -0.2) is 24.3 Å². The van der Waals surface area contributed by atoms with E-state index in [1.807, 2.05) is 71.0 Å². The van der Waals surface area contributed by atoms with Crippen LogP contribution in [0.1, 0.15) is 196 Å². The van der Waals surface area contributed by atoms with Crippen LogP contribution in [-0.4, -0.2) is 10.9 Å². The molecule has 0 heterocycles. The van der Waals surface area contributed by atoms with Gasteiger partial charge in [0.15, 0.2) is 0 Å². The maximum Gasteiger partial charge on any atom is -0.109 e. The van der Waals surface area contributed by atoms with E-state index < -0.39 is 0 Å². The number of hydrogen-bond donors (Lipinski definition) is 0. The predicted molar refractivity (Wildman–Crippen MR) is 315 cm³/mol. The summed E-state index contributed by atoms with van der Waals surface area (Å²) in [7, 11) is 0.